The summed E-state index contributed by atoms with van der Waals surface area (Å²) >= 11 is 0. The zero-order chi connectivity index (χ0) is 14.5. The van der Waals surface area contributed by atoms with Crippen molar-refractivity contribution in [3.05, 3.63) is 78.0 Å². The van der Waals surface area contributed by atoms with Gasteiger partial charge in [-0.2, -0.15) is 0 Å². The summed E-state index contributed by atoms with van der Waals surface area (Å²) in [4.78, 5) is 4.36. The van der Waals surface area contributed by atoms with Gasteiger partial charge in [0.15, 0.2) is 0 Å². The molecule has 0 aliphatic heterocycles. The van der Waals surface area contributed by atoms with E-state index in [1.54, 1.807) is 0 Å². The molecule has 3 rings (SSSR count). The number of pyridine rings is 1. The molecule has 0 amide bonds. The van der Waals surface area contributed by atoms with Crippen molar-refractivity contribution in [3.8, 4) is 0 Å². The van der Waals surface area contributed by atoms with Crippen LogP contribution in [0.2, 0.25) is 0 Å². The highest BCUT2D eigenvalue weighted by atomic mass is 14.9. The van der Waals surface area contributed by atoms with E-state index in [1.807, 2.05) is 12.3 Å². The number of aromatic nitrogens is 1. The first-order valence-electron chi connectivity index (χ1n) is 7.49. The summed E-state index contributed by atoms with van der Waals surface area (Å²) in [5, 5.41) is 4.84. The van der Waals surface area contributed by atoms with Crippen LogP contribution in [-0.4, -0.2) is 4.98 Å². The Bertz CT molecular complexity index is 707. The molecule has 0 spiro atoms. The number of hydrogen-bond acceptors (Lipinski definition) is 2. The summed E-state index contributed by atoms with van der Waals surface area (Å²) in [6.45, 7) is 3.09. The number of rotatable bonds is 5. The highest BCUT2D eigenvalue weighted by Crippen LogP contribution is 2.18. The first-order chi connectivity index (χ1) is 10.4. The molecule has 2 heteroatoms. The molecule has 21 heavy (non-hydrogen) atoms. The Labute approximate surface area is 125 Å². The van der Waals surface area contributed by atoms with E-state index in [4.69, 9.17) is 0 Å². The number of fused-ring (bicyclic) bond motifs is 1. The van der Waals surface area contributed by atoms with Gasteiger partial charge < -0.3 is 5.32 Å². The van der Waals surface area contributed by atoms with Crippen LogP contribution in [0, 0.1) is 0 Å². The topological polar surface area (TPSA) is 24.9 Å². The predicted molar refractivity (Wildman–Crippen MR) is 88.1 cm³/mol. The Morgan fingerprint density at radius 1 is 1.00 bits per heavy atom. The van der Waals surface area contributed by atoms with Gasteiger partial charge in [0.1, 0.15) is 0 Å². The van der Waals surface area contributed by atoms with Crippen LogP contribution in [0.4, 0.5) is 0 Å². The summed E-state index contributed by atoms with van der Waals surface area (Å²) in [6.07, 6.45) is 2.92. The minimum atomic E-state index is 0.399. The van der Waals surface area contributed by atoms with Crippen LogP contribution in [-0.2, 0) is 6.54 Å². The van der Waals surface area contributed by atoms with Gasteiger partial charge in [-0.1, -0.05) is 49.4 Å². The van der Waals surface area contributed by atoms with Gasteiger partial charge in [0.05, 0.1) is 5.52 Å². The van der Waals surface area contributed by atoms with Gasteiger partial charge in [-0.25, -0.2) is 0 Å². The zero-order valence-corrected chi connectivity index (χ0v) is 12.3. The van der Waals surface area contributed by atoms with Gasteiger partial charge >= 0.3 is 0 Å². The van der Waals surface area contributed by atoms with E-state index in [0.29, 0.717) is 6.04 Å². The maximum absolute atomic E-state index is 4.36. The summed E-state index contributed by atoms with van der Waals surface area (Å²) in [5.74, 6) is 0. The molecule has 0 radical (unpaired) electrons. The van der Waals surface area contributed by atoms with Crippen molar-refractivity contribution in [1.29, 1.82) is 0 Å². The Hall–Kier alpha value is -2.19. The molecule has 106 valence electrons. The second-order valence-corrected chi connectivity index (χ2v) is 5.28. The first kappa shape index (κ1) is 13.8. The lowest BCUT2D eigenvalue weighted by atomic mass is 10.0. The molecule has 1 aromatic heterocycles. The average Bonchev–Trinajstić information content (AvgIpc) is 2.56. The highest BCUT2D eigenvalue weighted by Gasteiger charge is 2.08. The molecule has 2 nitrogen and oxygen atoms in total. The molecule has 1 atom stereocenters. The standard InChI is InChI=1S/C19H20N2/c1-2-18(16-7-4-3-5-8-16)21-14-15-10-11-19-17(13-15)9-6-12-20-19/h3-13,18,21H,2,14H2,1H3. The van der Waals surface area contributed by atoms with Crippen molar-refractivity contribution in [2.24, 2.45) is 0 Å². The summed E-state index contributed by atoms with van der Waals surface area (Å²) in [7, 11) is 0. The SMILES string of the molecule is CCC(NCc1ccc2ncccc2c1)c1ccccc1. The molecule has 0 saturated carbocycles. The van der Waals surface area contributed by atoms with Crippen molar-refractivity contribution in [1.82, 2.24) is 10.3 Å². The van der Waals surface area contributed by atoms with Crippen molar-refractivity contribution < 1.29 is 0 Å². The highest BCUT2D eigenvalue weighted by molar-refractivity contribution is 5.78. The molecule has 2 aromatic carbocycles. The van der Waals surface area contributed by atoms with Crippen LogP contribution in [0.25, 0.3) is 10.9 Å². The number of nitrogens with one attached hydrogen (secondary N) is 1. The van der Waals surface area contributed by atoms with Crippen molar-refractivity contribution in [2.45, 2.75) is 25.9 Å². The molecule has 0 fully saturated rings. The van der Waals surface area contributed by atoms with Crippen LogP contribution in [0.1, 0.15) is 30.5 Å². The van der Waals surface area contributed by atoms with Gasteiger partial charge in [-0.15, -0.1) is 0 Å². The molecule has 0 aliphatic rings. The second kappa shape index (κ2) is 6.51. The molecule has 0 bridgehead atoms. The number of hydrogen-bond donors (Lipinski definition) is 1. The molecular formula is C19H20N2. The Morgan fingerprint density at radius 3 is 2.67 bits per heavy atom. The lowest BCUT2D eigenvalue weighted by Gasteiger charge is -2.17. The van der Waals surface area contributed by atoms with E-state index in [-0.39, 0.29) is 0 Å². The average molecular weight is 276 g/mol. The van der Waals surface area contributed by atoms with Crippen molar-refractivity contribution in [2.75, 3.05) is 0 Å². The monoisotopic (exact) mass is 276 g/mol. The smallest absolute Gasteiger partial charge is 0.0702 e. The van der Waals surface area contributed by atoms with Gasteiger partial charge in [-0.3, -0.25) is 4.98 Å². The Balaban J connectivity index is 1.73. The third-order valence-corrected chi connectivity index (χ3v) is 3.83. The minimum absolute atomic E-state index is 0.399. The molecule has 0 aliphatic carbocycles. The molecule has 1 unspecified atom stereocenters. The van der Waals surface area contributed by atoms with Crippen LogP contribution in [0.15, 0.2) is 66.9 Å². The van der Waals surface area contributed by atoms with E-state index < -0.39 is 0 Å². The fourth-order valence-electron chi connectivity index (χ4n) is 2.66. The van der Waals surface area contributed by atoms with E-state index >= 15 is 0 Å². The molecule has 1 N–H and O–H groups in total. The quantitative estimate of drug-likeness (QED) is 0.743. The van der Waals surface area contributed by atoms with Gasteiger partial charge in [0.2, 0.25) is 0 Å². The van der Waals surface area contributed by atoms with Crippen molar-refractivity contribution in [3.63, 3.8) is 0 Å². The fraction of sp³-hybridized carbons (Fsp3) is 0.211. The van der Waals surface area contributed by atoms with Gasteiger partial charge in [0.25, 0.3) is 0 Å². The Morgan fingerprint density at radius 2 is 1.86 bits per heavy atom. The zero-order valence-electron chi connectivity index (χ0n) is 12.3. The van der Waals surface area contributed by atoms with Gasteiger partial charge in [-0.05, 0) is 35.7 Å². The van der Waals surface area contributed by atoms with Crippen molar-refractivity contribution >= 4 is 10.9 Å². The number of nitrogens with zero attached hydrogens (tertiary/aromatic N) is 1. The molecule has 3 aromatic rings. The maximum atomic E-state index is 4.36. The largest absolute Gasteiger partial charge is 0.306 e. The van der Waals surface area contributed by atoms with Gasteiger partial charge in [0, 0.05) is 24.2 Å². The molecule has 1 heterocycles. The third-order valence-electron chi connectivity index (χ3n) is 3.83. The Kier molecular flexibility index (Phi) is 4.27. The lowest BCUT2D eigenvalue weighted by Crippen LogP contribution is -2.20. The third kappa shape index (κ3) is 3.29. The molecule has 0 saturated heterocycles. The summed E-state index contributed by atoms with van der Waals surface area (Å²) in [5.41, 5.74) is 3.70. The predicted octanol–water partition coefficient (Wildman–Crippen LogP) is 4.48. The van der Waals surface area contributed by atoms with Crippen LogP contribution >= 0.6 is 0 Å². The van der Waals surface area contributed by atoms with Crippen LogP contribution in [0.3, 0.4) is 0 Å². The number of benzene rings is 2. The van der Waals surface area contributed by atoms with E-state index in [2.05, 4.69) is 71.8 Å². The normalized spacial score (nSPS) is 12.4. The molecular weight excluding hydrogens is 256 g/mol. The minimum Gasteiger partial charge on any atom is -0.306 e. The lowest BCUT2D eigenvalue weighted by molar-refractivity contribution is 0.519. The van der Waals surface area contributed by atoms with E-state index in [9.17, 15) is 0 Å². The fourth-order valence-corrected chi connectivity index (χ4v) is 2.66. The van der Waals surface area contributed by atoms with Crippen LogP contribution in [0.5, 0.6) is 0 Å². The maximum Gasteiger partial charge on any atom is 0.0702 e. The van der Waals surface area contributed by atoms with E-state index in [0.717, 1.165) is 18.5 Å². The first-order valence-corrected chi connectivity index (χ1v) is 7.49. The summed E-state index contributed by atoms with van der Waals surface area (Å²) < 4.78 is 0. The summed E-state index contributed by atoms with van der Waals surface area (Å²) in [6, 6.07) is 21.6. The van der Waals surface area contributed by atoms with E-state index in [1.165, 1.54) is 16.5 Å². The van der Waals surface area contributed by atoms with Crippen LogP contribution < -0.4 is 5.32 Å². The second-order valence-electron chi connectivity index (χ2n) is 5.28.